The van der Waals surface area contributed by atoms with Crippen molar-refractivity contribution in [3.8, 4) is 0 Å². The summed E-state index contributed by atoms with van der Waals surface area (Å²) < 4.78 is 2.48. The van der Waals surface area contributed by atoms with Gasteiger partial charge in [-0.15, -0.1) is 0 Å². The van der Waals surface area contributed by atoms with Gasteiger partial charge in [-0.05, 0) is 12.1 Å². The number of rotatable bonds is 0. The highest BCUT2D eigenvalue weighted by Gasteiger charge is 2.24. The summed E-state index contributed by atoms with van der Waals surface area (Å²) in [5.41, 5.74) is 4.16. The Hall–Kier alpha value is -2.19. The number of benzene rings is 3. The first-order valence-electron chi connectivity index (χ1n) is 6.81. The molecule has 0 amide bonds. The Morgan fingerprint density at radius 2 is 1.00 bits per heavy atom. The van der Waals surface area contributed by atoms with Crippen LogP contribution in [0.4, 0.5) is 0 Å². The maximum absolute atomic E-state index is 2.48. The number of para-hydroxylation sites is 3. The van der Waals surface area contributed by atoms with Crippen LogP contribution >= 0.6 is 11.8 Å². The third-order valence-electron chi connectivity index (χ3n) is 4.51. The number of nitrogens with zero attached hydrogens (tertiary/aromatic N) is 1. The summed E-state index contributed by atoms with van der Waals surface area (Å²) in [5, 5.41) is 5.52. The Morgan fingerprint density at radius 1 is 0.550 bits per heavy atom. The molecule has 0 radical (unpaired) electrons. The molecule has 0 fully saturated rings. The zero-order valence-corrected chi connectivity index (χ0v) is 11.4. The van der Waals surface area contributed by atoms with Crippen molar-refractivity contribution in [2.75, 3.05) is 0 Å². The van der Waals surface area contributed by atoms with Gasteiger partial charge in [-0.2, -0.15) is 0 Å². The molecular weight excluding hydrogens is 262 g/mol. The molecule has 0 saturated heterocycles. The summed E-state index contributed by atoms with van der Waals surface area (Å²) in [7, 11) is 0. The van der Waals surface area contributed by atoms with E-state index in [0.29, 0.717) is 0 Å². The summed E-state index contributed by atoms with van der Waals surface area (Å²) in [5.74, 6) is 0. The Labute approximate surface area is 119 Å². The highest BCUT2D eigenvalue weighted by Crippen LogP contribution is 2.49. The molecule has 0 atom stereocenters. The molecule has 0 saturated carbocycles. The second-order valence-electron chi connectivity index (χ2n) is 5.44. The van der Waals surface area contributed by atoms with Crippen LogP contribution in [0.5, 0.6) is 0 Å². The Morgan fingerprint density at radius 3 is 1.55 bits per heavy atom. The molecule has 3 heterocycles. The largest absolute Gasteiger partial charge is 0.306 e. The molecule has 0 aliphatic carbocycles. The average molecular weight is 271 g/mol. The molecule has 20 heavy (non-hydrogen) atoms. The van der Waals surface area contributed by atoms with E-state index in [0.717, 1.165) is 0 Å². The monoisotopic (exact) mass is 271 g/mol. The fraction of sp³-hybridized carbons (Fsp3) is 0. The van der Waals surface area contributed by atoms with E-state index in [1.807, 2.05) is 11.8 Å². The number of fused-ring (bicyclic) bond motifs is 2. The van der Waals surface area contributed by atoms with Gasteiger partial charge in [0.2, 0.25) is 0 Å². The first-order chi connectivity index (χ1) is 9.93. The zero-order valence-electron chi connectivity index (χ0n) is 10.6. The molecule has 0 spiro atoms. The molecule has 0 bridgehead atoms. The van der Waals surface area contributed by atoms with Crippen LogP contribution in [0.3, 0.4) is 0 Å². The molecule has 0 N–H and O–H groups in total. The van der Waals surface area contributed by atoms with Gasteiger partial charge in [0.15, 0.2) is 0 Å². The lowest BCUT2D eigenvalue weighted by Gasteiger charge is -2.13. The first-order valence-corrected chi connectivity index (χ1v) is 7.63. The van der Waals surface area contributed by atoms with Crippen molar-refractivity contribution in [2.24, 2.45) is 0 Å². The molecular formula is C18H9NS. The van der Waals surface area contributed by atoms with E-state index in [2.05, 4.69) is 59.0 Å². The standard InChI is InChI=1S/C18H9NS/c1-4-10-12-6-2-8-14-17(12)19-16(10)11(5-1)13-7-3-9-15(20-14)18(13)19/h1-9H. The topological polar surface area (TPSA) is 4.41 Å². The lowest BCUT2D eigenvalue weighted by molar-refractivity contribution is 1.26. The van der Waals surface area contributed by atoms with Crippen molar-refractivity contribution < 1.29 is 0 Å². The molecule has 5 aromatic rings. The lowest BCUT2D eigenvalue weighted by atomic mass is 10.1. The minimum atomic E-state index is 1.37. The molecule has 6 rings (SSSR count). The van der Waals surface area contributed by atoms with E-state index in [1.54, 1.807) is 0 Å². The average Bonchev–Trinajstić information content (AvgIpc) is 3.01. The molecule has 2 aromatic heterocycles. The summed E-state index contributed by atoms with van der Waals surface area (Å²) in [6, 6.07) is 20.0. The Kier molecular flexibility index (Phi) is 1.42. The van der Waals surface area contributed by atoms with Crippen LogP contribution in [0.1, 0.15) is 0 Å². The van der Waals surface area contributed by atoms with Gasteiger partial charge in [0.25, 0.3) is 0 Å². The third kappa shape index (κ3) is 0.852. The van der Waals surface area contributed by atoms with E-state index >= 15 is 0 Å². The van der Waals surface area contributed by atoms with Gasteiger partial charge in [0.05, 0.1) is 16.6 Å². The summed E-state index contributed by atoms with van der Waals surface area (Å²) in [4.78, 5) is 2.74. The second-order valence-corrected chi connectivity index (χ2v) is 6.53. The summed E-state index contributed by atoms with van der Waals surface area (Å²) >= 11 is 1.90. The highest BCUT2D eigenvalue weighted by atomic mass is 32.2. The first kappa shape index (κ1) is 9.67. The molecule has 92 valence electrons. The van der Waals surface area contributed by atoms with Crippen molar-refractivity contribution in [3.63, 3.8) is 0 Å². The van der Waals surface area contributed by atoms with E-state index in [9.17, 15) is 0 Å². The van der Waals surface area contributed by atoms with Crippen LogP contribution in [0.15, 0.2) is 64.4 Å². The maximum Gasteiger partial charge on any atom is 0.0681 e. The minimum Gasteiger partial charge on any atom is -0.306 e. The van der Waals surface area contributed by atoms with Gasteiger partial charge in [-0.3, -0.25) is 0 Å². The van der Waals surface area contributed by atoms with Crippen LogP contribution in [-0.2, 0) is 0 Å². The lowest BCUT2D eigenvalue weighted by Crippen LogP contribution is -1.90. The predicted molar refractivity (Wildman–Crippen MR) is 85.2 cm³/mol. The van der Waals surface area contributed by atoms with Crippen molar-refractivity contribution in [3.05, 3.63) is 54.6 Å². The van der Waals surface area contributed by atoms with Crippen molar-refractivity contribution >= 4 is 49.9 Å². The van der Waals surface area contributed by atoms with Crippen LogP contribution in [0.25, 0.3) is 38.1 Å². The molecule has 1 nitrogen and oxygen atoms in total. The van der Waals surface area contributed by atoms with E-state index in [1.165, 1.54) is 47.9 Å². The molecule has 0 unspecified atom stereocenters. The molecule has 1 aliphatic rings. The zero-order chi connectivity index (χ0) is 12.8. The maximum atomic E-state index is 2.48. The highest BCUT2D eigenvalue weighted by molar-refractivity contribution is 7.99. The number of aromatic nitrogens is 1. The molecule has 1 aliphatic heterocycles. The van der Waals surface area contributed by atoms with Gasteiger partial charge in [-0.25, -0.2) is 0 Å². The van der Waals surface area contributed by atoms with Gasteiger partial charge < -0.3 is 4.40 Å². The smallest absolute Gasteiger partial charge is 0.0681 e. The van der Waals surface area contributed by atoms with Crippen molar-refractivity contribution in [1.82, 2.24) is 4.40 Å². The normalized spacial score (nSPS) is 13.8. The van der Waals surface area contributed by atoms with Crippen molar-refractivity contribution in [1.29, 1.82) is 0 Å². The van der Waals surface area contributed by atoms with Crippen LogP contribution in [-0.4, -0.2) is 4.40 Å². The van der Waals surface area contributed by atoms with Gasteiger partial charge in [0, 0.05) is 31.3 Å². The van der Waals surface area contributed by atoms with E-state index in [4.69, 9.17) is 0 Å². The minimum absolute atomic E-state index is 1.37. The van der Waals surface area contributed by atoms with Gasteiger partial charge >= 0.3 is 0 Å². The molecule has 3 aromatic carbocycles. The summed E-state index contributed by atoms with van der Waals surface area (Å²) in [6.07, 6.45) is 0. The van der Waals surface area contributed by atoms with Crippen LogP contribution < -0.4 is 0 Å². The fourth-order valence-corrected chi connectivity index (χ4v) is 4.90. The number of hydrogen-bond acceptors (Lipinski definition) is 1. The fourth-order valence-electron chi connectivity index (χ4n) is 3.78. The Balaban J connectivity index is 2.21. The number of hydrogen-bond donors (Lipinski definition) is 0. The van der Waals surface area contributed by atoms with Gasteiger partial charge in [-0.1, -0.05) is 54.2 Å². The third-order valence-corrected chi connectivity index (χ3v) is 5.60. The van der Waals surface area contributed by atoms with Crippen LogP contribution in [0.2, 0.25) is 0 Å². The quantitative estimate of drug-likeness (QED) is 0.362. The van der Waals surface area contributed by atoms with E-state index < -0.39 is 0 Å². The Bertz CT molecular complexity index is 1080. The van der Waals surface area contributed by atoms with Crippen molar-refractivity contribution in [2.45, 2.75) is 9.79 Å². The van der Waals surface area contributed by atoms with Crippen LogP contribution in [0, 0.1) is 0 Å². The SMILES string of the molecule is c1cc2c3c(c1)c1cccc4c5cccc(c5n3c14)S2. The molecule has 2 heteroatoms. The van der Waals surface area contributed by atoms with Gasteiger partial charge in [0.1, 0.15) is 0 Å². The summed E-state index contributed by atoms with van der Waals surface area (Å²) in [6.45, 7) is 0. The second kappa shape index (κ2) is 2.94. The van der Waals surface area contributed by atoms with E-state index in [-0.39, 0.29) is 0 Å². The predicted octanol–water partition coefficient (Wildman–Crippen LogP) is 5.30.